The summed E-state index contributed by atoms with van der Waals surface area (Å²) in [5, 5.41) is 5.80. The quantitative estimate of drug-likeness (QED) is 0.920. The Morgan fingerprint density at radius 1 is 1.38 bits per heavy atom. The highest BCUT2D eigenvalue weighted by molar-refractivity contribution is 7.15. The minimum absolute atomic E-state index is 0.647. The van der Waals surface area contributed by atoms with Crippen LogP contribution in [-0.4, -0.2) is 28.0 Å². The lowest BCUT2D eigenvalue weighted by Crippen LogP contribution is -2.34. The minimum Gasteiger partial charge on any atom is -0.352 e. The van der Waals surface area contributed by atoms with E-state index >= 15 is 0 Å². The number of aromatic nitrogens is 2. The Morgan fingerprint density at radius 3 is 3.00 bits per heavy atom. The van der Waals surface area contributed by atoms with Crippen LogP contribution in [0.1, 0.15) is 45.2 Å². The largest absolute Gasteiger partial charge is 0.352 e. The molecule has 0 bridgehead atoms. The Morgan fingerprint density at radius 2 is 2.24 bits per heavy atom. The van der Waals surface area contributed by atoms with E-state index in [0.29, 0.717) is 12.0 Å². The molecule has 2 fully saturated rings. The molecule has 0 aromatic carbocycles. The van der Waals surface area contributed by atoms with Crippen LogP contribution in [0.25, 0.3) is 4.96 Å². The first-order valence-electron chi connectivity index (χ1n) is 8.18. The first-order valence-corrected chi connectivity index (χ1v) is 9.06. The van der Waals surface area contributed by atoms with Crippen molar-refractivity contribution in [1.29, 1.82) is 0 Å². The number of nitrogens with zero attached hydrogens (tertiary/aromatic N) is 3. The molecule has 2 aromatic rings. The molecule has 4 rings (SSSR count). The van der Waals surface area contributed by atoms with E-state index < -0.39 is 0 Å². The molecule has 0 radical (unpaired) electrons. The van der Waals surface area contributed by atoms with Crippen molar-refractivity contribution in [2.45, 2.75) is 58.2 Å². The Balaban J connectivity index is 1.68. The molecular weight excluding hydrogens is 280 g/mol. The Hall–Kier alpha value is -1.07. The third-order valence-electron chi connectivity index (χ3n) is 4.82. The van der Waals surface area contributed by atoms with E-state index in [-0.39, 0.29) is 0 Å². The molecular formula is C16H24N4S. The highest BCUT2D eigenvalue weighted by Crippen LogP contribution is 2.33. The van der Waals surface area contributed by atoms with Gasteiger partial charge in [0.1, 0.15) is 0 Å². The van der Waals surface area contributed by atoms with Gasteiger partial charge in [0.2, 0.25) is 0 Å². The molecule has 0 amide bonds. The van der Waals surface area contributed by atoms with Crippen LogP contribution in [0.3, 0.4) is 0 Å². The molecule has 4 nitrogen and oxygen atoms in total. The van der Waals surface area contributed by atoms with Gasteiger partial charge in [0.05, 0.1) is 5.69 Å². The fourth-order valence-electron chi connectivity index (χ4n) is 3.49. The van der Waals surface area contributed by atoms with Gasteiger partial charge in [-0.15, -0.1) is 11.3 Å². The molecule has 1 aliphatic carbocycles. The molecule has 1 atom stereocenters. The average Bonchev–Trinajstić information content (AvgIpc) is 2.90. The molecule has 0 spiro atoms. The van der Waals surface area contributed by atoms with Gasteiger partial charge in [-0.1, -0.05) is 13.8 Å². The van der Waals surface area contributed by atoms with E-state index in [1.165, 1.54) is 37.2 Å². The van der Waals surface area contributed by atoms with Crippen molar-refractivity contribution in [3.8, 4) is 0 Å². The second-order valence-corrected chi connectivity index (χ2v) is 7.61. The Labute approximate surface area is 130 Å². The summed E-state index contributed by atoms with van der Waals surface area (Å²) in [5.41, 5.74) is 1.35. The summed E-state index contributed by atoms with van der Waals surface area (Å²) in [6.45, 7) is 6.77. The molecule has 5 heteroatoms. The highest BCUT2D eigenvalue weighted by atomic mass is 32.1. The van der Waals surface area contributed by atoms with Crippen LogP contribution in [0.4, 0.5) is 5.82 Å². The minimum atomic E-state index is 0.647. The third-order valence-corrected chi connectivity index (χ3v) is 5.57. The number of imidazole rings is 1. The van der Waals surface area contributed by atoms with Crippen LogP contribution in [-0.2, 0) is 6.54 Å². The van der Waals surface area contributed by atoms with Gasteiger partial charge in [-0.3, -0.25) is 4.40 Å². The first-order chi connectivity index (χ1) is 10.2. The predicted molar refractivity (Wildman–Crippen MR) is 88.1 cm³/mol. The molecule has 2 aromatic heterocycles. The van der Waals surface area contributed by atoms with Gasteiger partial charge in [-0.25, -0.2) is 4.98 Å². The van der Waals surface area contributed by atoms with Crippen molar-refractivity contribution >= 4 is 22.1 Å². The Kier molecular flexibility index (Phi) is 3.42. The van der Waals surface area contributed by atoms with Crippen LogP contribution in [0.15, 0.2) is 11.6 Å². The molecule has 1 saturated heterocycles. The average molecular weight is 304 g/mol. The maximum Gasteiger partial charge on any atom is 0.195 e. The monoisotopic (exact) mass is 304 g/mol. The second-order valence-electron chi connectivity index (χ2n) is 6.74. The van der Waals surface area contributed by atoms with Crippen LogP contribution in [0.2, 0.25) is 0 Å². The predicted octanol–water partition coefficient (Wildman–Crippen LogP) is 3.27. The van der Waals surface area contributed by atoms with Crippen molar-refractivity contribution in [2.24, 2.45) is 5.92 Å². The molecule has 1 aliphatic heterocycles. The summed E-state index contributed by atoms with van der Waals surface area (Å²) in [6, 6.07) is 1.38. The van der Waals surface area contributed by atoms with E-state index in [1.54, 1.807) is 11.3 Å². The smallest absolute Gasteiger partial charge is 0.195 e. The zero-order chi connectivity index (χ0) is 14.4. The number of hydrogen-bond donors (Lipinski definition) is 1. The zero-order valence-corrected chi connectivity index (χ0v) is 13.7. The number of thiazole rings is 1. The van der Waals surface area contributed by atoms with E-state index in [0.717, 1.165) is 24.1 Å². The summed E-state index contributed by atoms with van der Waals surface area (Å²) < 4.78 is 2.28. The summed E-state index contributed by atoms with van der Waals surface area (Å²) in [4.78, 5) is 8.65. The van der Waals surface area contributed by atoms with Crippen molar-refractivity contribution < 1.29 is 0 Å². The van der Waals surface area contributed by atoms with Gasteiger partial charge in [0.15, 0.2) is 10.8 Å². The molecule has 1 unspecified atom stereocenters. The summed E-state index contributed by atoms with van der Waals surface area (Å²) >= 11 is 1.74. The lowest BCUT2D eigenvalue weighted by molar-refractivity contribution is 0.488. The van der Waals surface area contributed by atoms with Gasteiger partial charge in [0.25, 0.3) is 0 Å². The lowest BCUT2D eigenvalue weighted by Gasteiger charge is -2.28. The maximum atomic E-state index is 4.95. The van der Waals surface area contributed by atoms with Crippen molar-refractivity contribution in [1.82, 2.24) is 14.7 Å². The number of hydrogen-bond acceptors (Lipinski definition) is 4. The van der Waals surface area contributed by atoms with E-state index in [2.05, 4.69) is 40.0 Å². The van der Waals surface area contributed by atoms with Gasteiger partial charge < -0.3 is 10.2 Å². The zero-order valence-electron chi connectivity index (χ0n) is 12.9. The third kappa shape index (κ3) is 2.46. The standard InChI is InChI=1S/C16H24N4S/c1-11(2)13-4-3-7-19(13)15-14(10-17-12-5-6-12)20-8-9-21-16(20)18-15/h8-9,11-13,17H,3-7,10H2,1-2H3. The normalized spacial score (nSPS) is 22.8. The SMILES string of the molecule is CC(C)C1CCCN1c1nc2sccn2c1CNC1CC1. The van der Waals surface area contributed by atoms with Gasteiger partial charge in [-0.2, -0.15) is 0 Å². The van der Waals surface area contributed by atoms with Crippen LogP contribution in [0.5, 0.6) is 0 Å². The molecule has 114 valence electrons. The fraction of sp³-hybridized carbons (Fsp3) is 0.688. The molecule has 1 saturated carbocycles. The fourth-order valence-corrected chi connectivity index (χ4v) is 4.22. The summed E-state index contributed by atoms with van der Waals surface area (Å²) in [6.07, 6.45) is 7.43. The van der Waals surface area contributed by atoms with Crippen molar-refractivity contribution in [2.75, 3.05) is 11.4 Å². The van der Waals surface area contributed by atoms with Crippen LogP contribution >= 0.6 is 11.3 Å². The number of nitrogens with one attached hydrogen (secondary N) is 1. The lowest BCUT2D eigenvalue weighted by atomic mass is 10.0. The second kappa shape index (κ2) is 5.29. The van der Waals surface area contributed by atoms with E-state index in [1.807, 2.05) is 0 Å². The van der Waals surface area contributed by atoms with E-state index in [9.17, 15) is 0 Å². The number of fused-ring (bicyclic) bond motifs is 1. The number of rotatable bonds is 5. The van der Waals surface area contributed by atoms with Gasteiger partial charge >= 0.3 is 0 Å². The van der Waals surface area contributed by atoms with Crippen LogP contribution in [0, 0.1) is 5.92 Å². The molecule has 2 aliphatic rings. The van der Waals surface area contributed by atoms with Crippen LogP contribution < -0.4 is 10.2 Å². The summed E-state index contributed by atoms with van der Waals surface area (Å²) in [7, 11) is 0. The summed E-state index contributed by atoms with van der Waals surface area (Å²) in [5.74, 6) is 1.92. The van der Waals surface area contributed by atoms with E-state index in [4.69, 9.17) is 4.98 Å². The van der Waals surface area contributed by atoms with Crippen molar-refractivity contribution in [3.63, 3.8) is 0 Å². The molecule has 1 N–H and O–H groups in total. The highest BCUT2D eigenvalue weighted by Gasteiger charge is 2.31. The van der Waals surface area contributed by atoms with Crippen molar-refractivity contribution in [3.05, 3.63) is 17.3 Å². The maximum absolute atomic E-state index is 4.95. The number of anilines is 1. The Bertz CT molecular complexity index is 625. The topological polar surface area (TPSA) is 32.6 Å². The molecule has 21 heavy (non-hydrogen) atoms. The molecule has 3 heterocycles. The van der Waals surface area contributed by atoms with Gasteiger partial charge in [0, 0.05) is 36.8 Å². The first kappa shape index (κ1) is 13.6. The van der Waals surface area contributed by atoms with Gasteiger partial charge in [-0.05, 0) is 31.6 Å².